The Kier molecular flexibility index (Phi) is 34.7. The number of carbonyl (C=O) groups excluding carboxylic acids is 7. The molecule has 4 aromatic heterocycles. The van der Waals surface area contributed by atoms with Crippen LogP contribution in [-0.4, -0.2) is 120 Å². The number of allylic oxidation sites excluding steroid dienone is 5. The summed E-state index contributed by atoms with van der Waals surface area (Å²) in [6, 6.07) is 34.9. The number of hydrogen-bond acceptors (Lipinski definition) is 24. The number of carboxylic acid groups (broad SMARTS) is 7. The van der Waals surface area contributed by atoms with Crippen LogP contribution in [0.4, 0.5) is 22.7 Å². The lowest BCUT2D eigenvalue weighted by molar-refractivity contribution is -0.671. The fraction of sp³-hybridized carbons (Fsp3) is 0.185. The molecule has 704 valence electrons. The largest absolute Gasteiger partial charge is 0.746 e. The molecule has 3 aliphatic heterocycles. The zero-order valence-corrected chi connectivity index (χ0v) is 74.2. The number of benzene rings is 4. The molecule has 0 unspecified atom stereocenters. The quantitative estimate of drug-likeness (QED) is 0.0140. The smallest absolute Gasteiger partial charge is 0.316 e. The summed E-state index contributed by atoms with van der Waals surface area (Å²) < 4.78 is 46.7. The van der Waals surface area contributed by atoms with Gasteiger partial charge in [-0.05, 0) is 131 Å². The molecule has 4 aliphatic rings. The molecule has 0 radical (unpaired) electrons. The van der Waals surface area contributed by atoms with Gasteiger partial charge < -0.3 is 158 Å². The normalized spacial score (nSPS) is 17.6. The number of nitrogens with one attached hydrogen (secondary N) is 6. The van der Waals surface area contributed by atoms with Crippen molar-refractivity contribution in [1.82, 2.24) is 10.6 Å². The van der Waals surface area contributed by atoms with E-state index in [9.17, 15) is 82.3 Å². The van der Waals surface area contributed by atoms with Gasteiger partial charge in [-0.1, -0.05) is 77.7 Å². The molecule has 8 aromatic rings. The van der Waals surface area contributed by atoms with Crippen LogP contribution in [0.1, 0.15) is 54.4 Å². The van der Waals surface area contributed by atoms with Crippen LogP contribution < -0.4 is 153 Å². The van der Waals surface area contributed by atoms with Crippen LogP contribution in [0.25, 0.3) is 44.5 Å². The van der Waals surface area contributed by atoms with Gasteiger partial charge in [-0.3, -0.25) is 0 Å². The number of nitrogens with two attached hydrogens (primary N) is 12. The predicted molar refractivity (Wildman–Crippen MR) is 479 cm³/mol. The number of hydrogen-bond donors (Lipinski definition) is 18. The number of aromatic nitrogens is 4. The Hall–Kier alpha value is -18.8. The molecule has 137 heavy (non-hydrogen) atoms. The van der Waals surface area contributed by atoms with Crippen LogP contribution in [0.3, 0.4) is 0 Å². The average molecular weight is 1880 g/mol. The highest BCUT2D eigenvalue weighted by Crippen LogP contribution is 2.35. The second-order valence-corrected chi connectivity index (χ2v) is 32.0. The molecule has 1 aliphatic carbocycles. The molecule has 0 bridgehead atoms. The Morgan fingerprint density at radius 1 is 0.358 bits per heavy atom. The first-order chi connectivity index (χ1) is 64.8. The van der Waals surface area contributed by atoms with Gasteiger partial charge in [-0.15, -0.1) is 20.0 Å². The molecule has 0 fully saturated rings. The van der Waals surface area contributed by atoms with E-state index in [1.165, 1.54) is 12.4 Å². The number of carbonyl (C=O) groups is 7. The van der Waals surface area contributed by atoms with Crippen molar-refractivity contribution < 1.29 is 125 Å². The van der Waals surface area contributed by atoms with Crippen LogP contribution in [0.15, 0.2) is 238 Å². The van der Waals surface area contributed by atoms with Gasteiger partial charge in [0.15, 0.2) is 49.6 Å². The van der Waals surface area contributed by atoms with Crippen molar-refractivity contribution in [3.8, 4) is 91.9 Å². The molecule has 0 saturated heterocycles. The minimum atomic E-state index is -4.91. The molecule has 4 aromatic carbocycles. The number of carboxylic acids is 7. The average Bonchev–Trinajstić information content (AvgIpc) is 0.829. The molecule has 44 nitrogen and oxygen atoms in total. The van der Waals surface area contributed by atoms with Crippen molar-refractivity contribution in [3.05, 3.63) is 240 Å². The Morgan fingerprint density at radius 3 is 0.934 bits per heavy atom. The number of pyridine rings is 4. The molecule has 8 atom stereocenters. The van der Waals surface area contributed by atoms with Crippen LogP contribution >= 0.6 is 0 Å². The second-order valence-electron chi connectivity index (χ2n) is 30.5. The number of aliphatic imine (C=N–C) groups is 4. The minimum Gasteiger partial charge on any atom is -0.746 e. The maximum atomic E-state index is 11.4. The summed E-state index contributed by atoms with van der Waals surface area (Å²) >= 11 is 0. The second kappa shape index (κ2) is 46.7. The van der Waals surface area contributed by atoms with E-state index in [2.05, 4.69) is 97.9 Å². The summed E-state index contributed by atoms with van der Waals surface area (Å²) in [6.45, 7) is 0. The fourth-order valence-electron chi connectivity index (χ4n) is 13.6. The molecular weight excluding hydrogens is 1790 g/mol. The van der Waals surface area contributed by atoms with Gasteiger partial charge >= 0.3 is 23.8 Å². The van der Waals surface area contributed by atoms with Crippen LogP contribution in [0.5, 0.6) is 0 Å². The van der Waals surface area contributed by atoms with Crippen LogP contribution in [-0.2, 0) is 76.6 Å². The number of aryl methyl sites for hydroxylation is 4. The highest BCUT2D eigenvalue weighted by atomic mass is 32.2. The molecule has 30 N–H and O–H groups in total. The molecular formula is C92H92N26O18S. The standard InChI is InChI=1S/C24H24N6O4.C23H23N7O4.C23H22N6O5.C22H23N7O5S/c1-30-10-8-15(9-11-30)18-7-5-17(28-24(27)29-23(25)26)13-16(18)4-2-14-3-6-19(21(31)32)20(12-14)22(33)34;1-30-8-6-14(7-9-30)17-5-4-16(28-23(26)29-22(24)25)11-15(17)3-2-13-10-18(20(31)32)19(21(33)34)27-12-13;1-29-8-6-14(7-9-29)17-5-4-16(27-23(26)28-22(24)25)11-15(17)3-2-13-10-18(20(30)31)19(21(32)33)34-12-13;1-29-8-6-14(7-9-29)17-5-4-16(27-22(25)28-21(23)24)11-15(17)3-2-13-10-18(20(30)31)19(26-12-13)35(32,33)34/h3,5,7-11,13,19-20H,6,12H2,1H3,(H7,25,26,27,29,31,32,33,34);4-9,11-12,18-19H,10H2,1H3,(H8,24,25,26,27,28,29,31,32,33,34);4-9,11-12,18-19H,10H2,1H3,(H7,24,25,26,28,30,31,32,33);4-9,11-12,18-19H,10H2,1H3,(H8,23,24,25,26,27,28,30,31,32,33,34)/t19-,20+;2*18-,19+;18-,19-/m0111/s1. The van der Waals surface area contributed by atoms with Crippen molar-refractivity contribution in [1.29, 1.82) is 0 Å². The zero-order chi connectivity index (χ0) is 100. The van der Waals surface area contributed by atoms with E-state index in [1.807, 2.05) is 163 Å². The molecule has 0 spiro atoms. The van der Waals surface area contributed by atoms with E-state index in [0.29, 0.717) is 56.1 Å². The SMILES string of the molecule is C[n+]1ccc(-c2ccc(N=C(N)[NH+]=C(N)N)cc2C#CC2=CC[C@H](C(=O)[O-])[C@H](C(=O)[O-])C2)cc1.C[n+]1ccc(-c2ccc(N=C(N)[NH+]=C(N)N)cc2C#CC2=CN[C@H](C(=O)[O-])[C@H](C(=O)[O-])C2)cc1.C[n+]1ccc(-c2ccc(N=C(N)[NH+]=C(N)N)cc2C#CC2=CN[C@H](S(=O)(=O)[O-])[C@H](C(=O)[O-])C2)cc1.C[n+]1ccc(-c2ccc(N=C(N)[NH+]=C(N)N)cc2C#CC2=CO[C@H](C(=O)[O-])[C@H](C(=O)[O-])C2)cc1. The van der Waals surface area contributed by atoms with Crippen molar-refractivity contribution >= 4 is 122 Å². The molecule has 45 heteroatoms. The number of guanidine groups is 8. The lowest BCUT2D eigenvalue weighted by Crippen LogP contribution is -2.84. The minimum absolute atomic E-state index is 0.00138. The maximum Gasteiger partial charge on any atom is 0.316 e. The number of nitrogens with zero attached hydrogens (tertiary/aromatic N) is 8. The lowest BCUT2D eigenvalue weighted by Gasteiger charge is -2.33. The van der Waals surface area contributed by atoms with E-state index >= 15 is 0 Å². The summed E-state index contributed by atoms with van der Waals surface area (Å²) in [5.41, 5.74) is 78.5. The Balaban J connectivity index is 0.000000205. The van der Waals surface area contributed by atoms with Crippen molar-refractivity contribution in [2.75, 3.05) is 0 Å². The highest BCUT2D eigenvalue weighted by Gasteiger charge is 2.34. The first kappa shape index (κ1) is 102. The zero-order valence-electron chi connectivity index (χ0n) is 73.4. The fourth-order valence-corrected chi connectivity index (χ4v) is 14.4. The number of ether oxygens (including phenoxy) is 1. The lowest BCUT2D eigenvalue weighted by atomic mass is 9.79. The van der Waals surface area contributed by atoms with Gasteiger partial charge in [0.1, 0.15) is 72.5 Å². The van der Waals surface area contributed by atoms with E-state index in [0.717, 1.165) is 50.8 Å². The highest BCUT2D eigenvalue weighted by molar-refractivity contribution is 7.86. The Labute approximate surface area is 782 Å². The summed E-state index contributed by atoms with van der Waals surface area (Å²) in [7, 11) is 2.66. The summed E-state index contributed by atoms with van der Waals surface area (Å²) in [5.74, 6) is 5.73. The van der Waals surface area contributed by atoms with Gasteiger partial charge in [0.25, 0.3) is 23.8 Å². The van der Waals surface area contributed by atoms with Gasteiger partial charge in [0.05, 0.1) is 24.2 Å². The van der Waals surface area contributed by atoms with E-state index in [-0.39, 0.29) is 90.9 Å². The van der Waals surface area contributed by atoms with E-state index < -0.39 is 99.0 Å². The predicted octanol–water partition coefficient (Wildman–Crippen LogP) is -17.0. The van der Waals surface area contributed by atoms with E-state index in [1.54, 1.807) is 60.7 Å². The van der Waals surface area contributed by atoms with Crippen molar-refractivity contribution in [2.45, 2.75) is 49.6 Å². The monoisotopic (exact) mass is 1880 g/mol. The molecule has 0 saturated carbocycles. The third kappa shape index (κ3) is 30.2. The molecule has 12 rings (SSSR count). The Morgan fingerprint density at radius 2 is 0.642 bits per heavy atom. The molecule has 7 heterocycles. The van der Waals surface area contributed by atoms with Crippen molar-refractivity contribution in [3.63, 3.8) is 0 Å². The van der Waals surface area contributed by atoms with Gasteiger partial charge in [-0.2, -0.15) is 0 Å². The molecule has 0 amide bonds. The summed E-state index contributed by atoms with van der Waals surface area (Å²) in [4.78, 5) is 106. The maximum absolute atomic E-state index is 11.4. The van der Waals surface area contributed by atoms with Gasteiger partial charge in [-0.25, -0.2) is 46.7 Å². The van der Waals surface area contributed by atoms with Gasteiger partial charge in [0, 0.05) is 159 Å². The Bertz CT molecular complexity index is 6350. The van der Waals surface area contributed by atoms with E-state index in [4.69, 9.17) is 73.5 Å². The summed E-state index contributed by atoms with van der Waals surface area (Å²) in [5, 5.41) is 82.3. The topological polar surface area (TPSA) is 804 Å². The first-order valence-corrected chi connectivity index (χ1v) is 42.1. The third-order valence-corrected chi connectivity index (χ3v) is 21.3. The number of aliphatic carboxylic acids is 7. The number of rotatable bonds is 16. The van der Waals surface area contributed by atoms with Crippen LogP contribution in [0, 0.1) is 77.0 Å². The van der Waals surface area contributed by atoms with Gasteiger partial charge in [0.2, 0.25) is 0 Å². The first-order valence-electron chi connectivity index (χ1n) is 40.6. The third-order valence-electron chi connectivity index (χ3n) is 20.2. The summed E-state index contributed by atoms with van der Waals surface area (Å²) in [6.07, 6.45) is 18.1. The van der Waals surface area contributed by atoms with Crippen LogP contribution in [0.2, 0.25) is 0 Å². The van der Waals surface area contributed by atoms with Crippen molar-refractivity contribution in [2.24, 2.45) is 147 Å².